The highest BCUT2D eigenvalue weighted by Crippen LogP contribution is 2.25. The van der Waals surface area contributed by atoms with Crippen LogP contribution >= 0.6 is 15.9 Å². The van der Waals surface area contributed by atoms with Gasteiger partial charge in [-0.2, -0.15) is 0 Å². The molecule has 0 fully saturated rings. The maximum atomic E-state index is 12.9. The first kappa shape index (κ1) is 13.0. The number of benzene rings is 1. The molecule has 0 heterocycles. The minimum atomic E-state index is -0.394. The van der Waals surface area contributed by atoms with Crippen molar-refractivity contribution in [1.82, 2.24) is 4.90 Å². The number of nitrogens with zero attached hydrogens (tertiary/aromatic N) is 1. The van der Waals surface area contributed by atoms with Crippen LogP contribution in [-0.4, -0.2) is 31.0 Å². The molecular formula is C11H13BrFNO2. The Hall–Kier alpha value is -1.10. The summed E-state index contributed by atoms with van der Waals surface area (Å²) in [5.41, 5.74) is 0. The Labute approximate surface area is 102 Å². The van der Waals surface area contributed by atoms with Gasteiger partial charge in [0, 0.05) is 19.7 Å². The fourth-order valence-corrected chi connectivity index (χ4v) is 1.37. The zero-order chi connectivity index (χ0) is 12.1. The summed E-state index contributed by atoms with van der Waals surface area (Å²) in [4.78, 5) is 13.0. The molecule has 3 nitrogen and oxygen atoms in total. The SMILES string of the molecule is CCN(C)C(=O)COc1cc(F)ccc1Br. The molecule has 1 aromatic carbocycles. The smallest absolute Gasteiger partial charge is 0.260 e. The van der Waals surface area contributed by atoms with Crippen LogP contribution in [0, 0.1) is 5.82 Å². The summed E-state index contributed by atoms with van der Waals surface area (Å²) >= 11 is 3.22. The lowest BCUT2D eigenvalue weighted by molar-refractivity contribution is -0.131. The highest BCUT2D eigenvalue weighted by atomic mass is 79.9. The van der Waals surface area contributed by atoms with Gasteiger partial charge in [-0.15, -0.1) is 0 Å². The van der Waals surface area contributed by atoms with Gasteiger partial charge in [-0.05, 0) is 35.0 Å². The van der Waals surface area contributed by atoms with E-state index in [0.717, 1.165) is 0 Å². The highest BCUT2D eigenvalue weighted by molar-refractivity contribution is 9.10. The molecule has 0 atom stereocenters. The Kier molecular flexibility index (Phi) is 4.73. The van der Waals surface area contributed by atoms with Gasteiger partial charge in [-0.25, -0.2) is 4.39 Å². The third kappa shape index (κ3) is 3.48. The summed E-state index contributed by atoms with van der Waals surface area (Å²) in [6.45, 7) is 2.40. The molecule has 88 valence electrons. The first-order valence-electron chi connectivity index (χ1n) is 4.86. The molecule has 0 radical (unpaired) electrons. The summed E-state index contributed by atoms with van der Waals surface area (Å²) in [5, 5.41) is 0. The quantitative estimate of drug-likeness (QED) is 0.852. The van der Waals surface area contributed by atoms with Crippen LogP contribution in [0.4, 0.5) is 4.39 Å². The second-order valence-electron chi connectivity index (χ2n) is 3.27. The molecule has 1 rings (SSSR count). The Morgan fingerprint density at radius 2 is 2.25 bits per heavy atom. The molecule has 5 heteroatoms. The number of hydrogen-bond donors (Lipinski definition) is 0. The maximum absolute atomic E-state index is 12.9. The average molecular weight is 290 g/mol. The van der Waals surface area contributed by atoms with Crippen LogP contribution in [0.1, 0.15) is 6.92 Å². The minimum absolute atomic E-state index is 0.0909. The van der Waals surface area contributed by atoms with Crippen LogP contribution in [0.15, 0.2) is 22.7 Å². The molecule has 0 N–H and O–H groups in total. The molecule has 1 aromatic rings. The van der Waals surface area contributed by atoms with Crippen molar-refractivity contribution in [2.75, 3.05) is 20.2 Å². The van der Waals surface area contributed by atoms with Gasteiger partial charge in [0.2, 0.25) is 0 Å². The van der Waals surface area contributed by atoms with E-state index in [-0.39, 0.29) is 12.5 Å². The predicted molar refractivity (Wildman–Crippen MR) is 62.9 cm³/mol. The first-order valence-corrected chi connectivity index (χ1v) is 5.65. The largest absolute Gasteiger partial charge is 0.482 e. The third-order valence-corrected chi connectivity index (χ3v) is 2.80. The van der Waals surface area contributed by atoms with Gasteiger partial charge in [-0.3, -0.25) is 4.79 Å². The van der Waals surface area contributed by atoms with E-state index >= 15 is 0 Å². The van der Waals surface area contributed by atoms with Crippen molar-refractivity contribution in [3.8, 4) is 5.75 Å². The fourth-order valence-electron chi connectivity index (χ4n) is 1.01. The summed E-state index contributed by atoms with van der Waals surface area (Å²) < 4.78 is 18.8. The number of hydrogen-bond acceptors (Lipinski definition) is 2. The fraction of sp³-hybridized carbons (Fsp3) is 0.364. The van der Waals surface area contributed by atoms with Crippen molar-refractivity contribution in [2.24, 2.45) is 0 Å². The standard InChI is InChI=1S/C11H13BrFNO2/c1-3-14(2)11(15)7-16-10-6-8(13)4-5-9(10)12/h4-6H,3,7H2,1-2H3. The van der Waals surface area contributed by atoms with Gasteiger partial charge in [0.15, 0.2) is 6.61 Å². The van der Waals surface area contributed by atoms with E-state index in [1.807, 2.05) is 6.92 Å². The zero-order valence-corrected chi connectivity index (χ0v) is 10.8. The van der Waals surface area contributed by atoms with Crippen molar-refractivity contribution in [3.05, 3.63) is 28.5 Å². The number of halogens is 2. The molecule has 0 bridgehead atoms. The lowest BCUT2D eigenvalue weighted by Gasteiger charge is -2.15. The minimum Gasteiger partial charge on any atom is -0.482 e. The van der Waals surface area contributed by atoms with Crippen LogP contribution < -0.4 is 4.74 Å². The van der Waals surface area contributed by atoms with Crippen LogP contribution in [0.25, 0.3) is 0 Å². The first-order chi connectivity index (χ1) is 7.54. The number of rotatable bonds is 4. The number of likely N-dealkylation sites (N-methyl/N-ethyl adjacent to an activating group) is 1. The predicted octanol–water partition coefficient (Wildman–Crippen LogP) is 2.45. The average Bonchev–Trinajstić information content (AvgIpc) is 2.28. The van der Waals surface area contributed by atoms with Crippen LogP contribution in [0.2, 0.25) is 0 Å². The van der Waals surface area contributed by atoms with Gasteiger partial charge in [0.25, 0.3) is 5.91 Å². The van der Waals surface area contributed by atoms with Crippen LogP contribution in [-0.2, 0) is 4.79 Å². The van der Waals surface area contributed by atoms with Crippen LogP contribution in [0.5, 0.6) is 5.75 Å². The number of carbonyl (C=O) groups is 1. The van der Waals surface area contributed by atoms with Crippen molar-refractivity contribution in [1.29, 1.82) is 0 Å². The van der Waals surface area contributed by atoms with Gasteiger partial charge < -0.3 is 9.64 Å². The molecule has 0 aromatic heterocycles. The molecule has 0 unspecified atom stereocenters. The van der Waals surface area contributed by atoms with E-state index in [0.29, 0.717) is 16.8 Å². The maximum Gasteiger partial charge on any atom is 0.260 e. The van der Waals surface area contributed by atoms with Gasteiger partial charge in [-0.1, -0.05) is 0 Å². The van der Waals surface area contributed by atoms with Crippen molar-refractivity contribution in [3.63, 3.8) is 0 Å². The lowest BCUT2D eigenvalue weighted by Crippen LogP contribution is -2.31. The summed E-state index contributed by atoms with van der Waals surface area (Å²) in [7, 11) is 1.69. The number of amides is 1. The summed E-state index contributed by atoms with van der Waals surface area (Å²) in [5.74, 6) is -0.203. The molecule has 0 spiro atoms. The van der Waals surface area contributed by atoms with E-state index in [9.17, 15) is 9.18 Å². The van der Waals surface area contributed by atoms with Gasteiger partial charge in [0.05, 0.1) is 4.47 Å². The van der Waals surface area contributed by atoms with Crippen molar-refractivity contribution >= 4 is 21.8 Å². The Morgan fingerprint density at radius 1 is 1.56 bits per heavy atom. The molecule has 1 amide bonds. The molecule has 0 aliphatic carbocycles. The third-order valence-electron chi connectivity index (χ3n) is 2.14. The van der Waals surface area contributed by atoms with E-state index in [1.54, 1.807) is 13.1 Å². The van der Waals surface area contributed by atoms with E-state index in [1.165, 1.54) is 17.0 Å². The summed E-state index contributed by atoms with van der Waals surface area (Å²) in [6, 6.07) is 4.10. The van der Waals surface area contributed by atoms with Crippen molar-refractivity contribution < 1.29 is 13.9 Å². The van der Waals surface area contributed by atoms with Gasteiger partial charge >= 0.3 is 0 Å². The summed E-state index contributed by atoms with van der Waals surface area (Å²) in [6.07, 6.45) is 0. The highest BCUT2D eigenvalue weighted by Gasteiger charge is 2.09. The molecule has 0 saturated carbocycles. The Morgan fingerprint density at radius 3 is 2.88 bits per heavy atom. The number of carbonyl (C=O) groups excluding carboxylic acids is 1. The van der Waals surface area contributed by atoms with Crippen LogP contribution in [0.3, 0.4) is 0 Å². The Balaban J connectivity index is 2.61. The number of ether oxygens (including phenoxy) is 1. The molecule has 0 aliphatic rings. The lowest BCUT2D eigenvalue weighted by atomic mass is 10.3. The zero-order valence-electron chi connectivity index (χ0n) is 9.17. The molecule has 16 heavy (non-hydrogen) atoms. The monoisotopic (exact) mass is 289 g/mol. The molecule has 0 aliphatic heterocycles. The Bertz CT molecular complexity index is 384. The normalized spacial score (nSPS) is 10.0. The van der Waals surface area contributed by atoms with E-state index < -0.39 is 5.82 Å². The van der Waals surface area contributed by atoms with E-state index in [2.05, 4.69) is 15.9 Å². The molecular weight excluding hydrogens is 277 g/mol. The molecule has 0 saturated heterocycles. The topological polar surface area (TPSA) is 29.5 Å². The second-order valence-corrected chi connectivity index (χ2v) is 4.13. The van der Waals surface area contributed by atoms with Crippen molar-refractivity contribution in [2.45, 2.75) is 6.92 Å². The second kappa shape index (κ2) is 5.84. The van der Waals surface area contributed by atoms with Gasteiger partial charge in [0.1, 0.15) is 11.6 Å². The van der Waals surface area contributed by atoms with E-state index in [4.69, 9.17) is 4.74 Å².